The lowest BCUT2D eigenvalue weighted by Crippen LogP contribution is -2.44. The van der Waals surface area contributed by atoms with Gasteiger partial charge in [-0.05, 0) is 18.5 Å². The number of hydrogen-bond donors (Lipinski definition) is 2. The van der Waals surface area contributed by atoms with Gasteiger partial charge in [0.2, 0.25) is 5.29 Å². The van der Waals surface area contributed by atoms with Gasteiger partial charge in [0, 0.05) is 11.8 Å². The third-order valence-electron chi connectivity index (χ3n) is 2.35. The number of aromatic amines is 1. The second-order valence-corrected chi connectivity index (χ2v) is 3.97. The molecule has 0 amide bonds. The summed E-state index contributed by atoms with van der Waals surface area (Å²) in [6.07, 6.45) is 2.96. The SMILES string of the molecule is Cc1cc(NC23N=CN=C2C=NC(Cl)=N3)n[nH]1. The monoisotopic (exact) mass is 249 g/mol. The molecule has 1 aromatic heterocycles. The smallest absolute Gasteiger partial charge is 0.276 e. The van der Waals surface area contributed by atoms with Crippen molar-refractivity contribution < 1.29 is 0 Å². The molecule has 3 heterocycles. The summed E-state index contributed by atoms with van der Waals surface area (Å²) in [5, 5.41) is 10.1. The highest BCUT2D eigenvalue weighted by Crippen LogP contribution is 2.24. The Morgan fingerprint density at radius 3 is 3.12 bits per heavy atom. The number of aryl methyl sites for hydroxylation is 1. The topological polar surface area (TPSA) is 90.2 Å². The molecular formula is C9H8ClN7. The number of fused-ring (bicyclic) bond motifs is 1. The highest BCUT2D eigenvalue weighted by molar-refractivity contribution is 6.67. The van der Waals surface area contributed by atoms with E-state index in [2.05, 4.69) is 35.5 Å². The Kier molecular flexibility index (Phi) is 2.08. The molecule has 86 valence electrons. The van der Waals surface area contributed by atoms with Crippen LogP contribution in [0.1, 0.15) is 5.69 Å². The lowest BCUT2D eigenvalue weighted by atomic mass is 10.2. The van der Waals surface area contributed by atoms with Crippen molar-refractivity contribution in [3.05, 3.63) is 11.8 Å². The van der Waals surface area contributed by atoms with E-state index in [-0.39, 0.29) is 5.29 Å². The quantitative estimate of drug-likeness (QED) is 0.764. The van der Waals surface area contributed by atoms with E-state index in [1.165, 1.54) is 12.6 Å². The fraction of sp³-hybridized carbons (Fsp3) is 0.222. The highest BCUT2D eigenvalue weighted by Gasteiger charge is 2.39. The molecule has 0 fully saturated rings. The summed E-state index contributed by atoms with van der Waals surface area (Å²) in [6, 6.07) is 1.84. The van der Waals surface area contributed by atoms with Crippen LogP contribution in [0.3, 0.4) is 0 Å². The van der Waals surface area contributed by atoms with Crippen molar-refractivity contribution in [3.8, 4) is 0 Å². The second kappa shape index (κ2) is 3.49. The number of hydrogen-bond acceptors (Lipinski definition) is 6. The standard InChI is InChI=1S/C9H8ClN7/c1-5-2-7(17-16-5)14-9-6(12-4-13-9)3-11-8(10)15-9/h2-4H,1H3,(H2,14,16,17). The van der Waals surface area contributed by atoms with Crippen molar-refractivity contribution >= 4 is 41.0 Å². The van der Waals surface area contributed by atoms with Gasteiger partial charge in [-0.15, -0.1) is 0 Å². The fourth-order valence-electron chi connectivity index (χ4n) is 1.60. The van der Waals surface area contributed by atoms with Crippen molar-refractivity contribution in [1.29, 1.82) is 0 Å². The molecule has 8 heteroatoms. The van der Waals surface area contributed by atoms with Crippen LogP contribution in [-0.4, -0.2) is 39.5 Å². The minimum absolute atomic E-state index is 0.128. The maximum atomic E-state index is 5.80. The summed E-state index contributed by atoms with van der Waals surface area (Å²) in [5.41, 5.74) is 1.52. The van der Waals surface area contributed by atoms with Crippen LogP contribution in [0.15, 0.2) is 26.0 Å². The number of aliphatic imine (C=N–C) groups is 4. The van der Waals surface area contributed by atoms with E-state index in [9.17, 15) is 0 Å². The van der Waals surface area contributed by atoms with Crippen LogP contribution in [0.25, 0.3) is 0 Å². The number of nitrogens with one attached hydrogen (secondary N) is 2. The molecule has 2 aliphatic heterocycles. The number of anilines is 1. The van der Waals surface area contributed by atoms with Gasteiger partial charge in [-0.2, -0.15) is 10.1 Å². The molecule has 0 saturated heterocycles. The number of halogens is 1. The van der Waals surface area contributed by atoms with E-state index in [1.54, 1.807) is 0 Å². The first-order chi connectivity index (χ1) is 8.18. The van der Waals surface area contributed by atoms with E-state index >= 15 is 0 Å². The second-order valence-electron chi connectivity index (χ2n) is 3.63. The van der Waals surface area contributed by atoms with Gasteiger partial charge < -0.3 is 5.32 Å². The molecule has 2 aliphatic rings. The molecule has 0 saturated carbocycles. The molecule has 7 nitrogen and oxygen atoms in total. The van der Waals surface area contributed by atoms with E-state index in [1.807, 2.05) is 13.0 Å². The predicted octanol–water partition coefficient (Wildman–Crippen LogP) is 0.946. The third kappa shape index (κ3) is 1.64. The van der Waals surface area contributed by atoms with Gasteiger partial charge in [0.15, 0.2) is 5.82 Å². The van der Waals surface area contributed by atoms with Crippen molar-refractivity contribution in [3.63, 3.8) is 0 Å². The Labute approximate surface area is 101 Å². The van der Waals surface area contributed by atoms with Crippen LogP contribution in [0.5, 0.6) is 0 Å². The van der Waals surface area contributed by atoms with Crippen molar-refractivity contribution in [2.75, 3.05) is 5.32 Å². The molecule has 1 unspecified atom stereocenters. The maximum Gasteiger partial charge on any atom is 0.276 e. The molecule has 17 heavy (non-hydrogen) atoms. The molecule has 0 radical (unpaired) electrons. The largest absolute Gasteiger partial charge is 0.321 e. The lowest BCUT2D eigenvalue weighted by Gasteiger charge is -2.24. The molecule has 0 spiro atoms. The maximum absolute atomic E-state index is 5.80. The number of rotatable bonds is 2. The van der Waals surface area contributed by atoms with Gasteiger partial charge in [0.25, 0.3) is 5.79 Å². The first kappa shape index (κ1) is 10.2. The Balaban J connectivity index is 1.98. The zero-order valence-corrected chi connectivity index (χ0v) is 9.60. The van der Waals surface area contributed by atoms with Crippen LogP contribution in [-0.2, 0) is 0 Å². The van der Waals surface area contributed by atoms with E-state index in [0.29, 0.717) is 11.5 Å². The van der Waals surface area contributed by atoms with Gasteiger partial charge in [0.1, 0.15) is 12.1 Å². The summed E-state index contributed by atoms with van der Waals surface area (Å²) in [6.45, 7) is 1.90. The van der Waals surface area contributed by atoms with Gasteiger partial charge >= 0.3 is 0 Å². The number of aromatic nitrogens is 2. The van der Waals surface area contributed by atoms with E-state index in [0.717, 1.165) is 5.69 Å². The van der Waals surface area contributed by atoms with Crippen LogP contribution in [0.2, 0.25) is 0 Å². The van der Waals surface area contributed by atoms with Gasteiger partial charge in [0.05, 0.1) is 6.21 Å². The molecule has 0 bridgehead atoms. The third-order valence-corrected chi connectivity index (χ3v) is 2.54. The van der Waals surface area contributed by atoms with Crippen LogP contribution in [0.4, 0.5) is 5.82 Å². The van der Waals surface area contributed by atoms with Gasteiger partial charge in [-0.3, -0.25) is 5.10 Å². The summed E-state index contributed by atoms with van der Waals surface area (Å²) < 4.78 is 0. The normalized spacial score (nSPS) is 25.5. The lowest BCUT2D eigenvalue weighted by molar-refractivity contribution is 0.699. The minimum Gasteiger partial charge on any atom is -0.321 e. The first-order valence-electron chi connectivity index (χ1n) is 4.89. The molecule has 1 atom stereocenters. The summed E-state index contributed by atoms with van der Waals surface area (Å²) in [7, 11) is 0. The summed E-state index contributed by atoms with van der Waals surface area (Å²) in [5.74, 6) is -0.404. The van der Waals surface area contributed by atoms with Crippen LogP contribution >= 0.6 is 11.6 Å². The van der Waals surface area contributed by atoms with Crippen LogP contribution in [0, 0.1) is 6.92 Å². The van der Waals surface area contributed by atoms with E-state index in [4.69, 9.17) is 11.6 Å². The number of H-pyrrole nitrogens is 1. The Morgan fingerprint density at radius 2 is 2.35 bits per heavy atom. The molecule has 0 aliphatic carbocycles. The number of nitrogens with zero attached hydrogens (tertiary/aromatic N) is 5. The van der Waals surface area contributed by atoms with Crippen molar-refractivity contribution in [2.24, 2.45) is 20.0 Å². The summed E-state index contributed by atoms with van der Waals surface area (Å²) >= 11 is 5.80. The van der Waals surface area contributed by atoms with Crippen molar-refractivity contribution in [1.82, 2.24) is 10.2 Å². The van der Waals surface area contributed by atoms with Gasteiger partial charge in [-0.25, -0.2) is 15.0 Å². The summed E-state index contributed by atoms with van der Waals surface area (Å²) in [4.78, 5) is 16.3. The molecular weight excluding hydrogens is 242 g/mol. The van der Waals surface area contributed by atoms with Crippen molar-refractivity contribution in [2.45, 2.75) is 12.7 Å². The first-order valence-corrected chi connectivity index (χ1v) is 5.27. The zero-order valence-electron chi connectivity index (χ0n) is 8.85. The molecule has 3 rings (SSSR count). The Morgan fingerprint density at radius 1 is 1.47 bits per heavy atom. The highest BCUT2D eigenvalue weighted by atomic mass is 35.5. The average molecular weight is 250 g/mol. The molecule has 0 aromatic carbocycles. The predicted molar refractivity (Wildman–Crippen MR) is 67.4 cm³/mol. The Bertz CT molecular complexity index is 582. The van der Waals surface area contributed by atoms with Gasteiger partial charge in [-0.1, -0.05) is 0 Å². The Hall–Kier alpha value is -2.02. The fourth-order valence-corrected chi connectivity index (χ4v) is 1.77. The van der Waals surface area contributed by atoms with Crippen LogP contribution < -0.4 is 5.32 Å². The number of amidine groups is 1. The average Bonchev–Trinajstić information content (AvgIpc) is 2.84. The van der Waals surface area contributed by atoms with E-state index < -0.39 is 5.79 Å². The zero-order chi connectivity index (χ0) is 11.9. The molecule has 2 N–H and O–H groups in total. The molecule has 1 aromatic rings. The minimum atomic E-state index is -1.03.